The summed E-state index contributed by atoms with van der Waals surface area (Å²) < 4.78 is 5.56. The van der Waals surface area contributed by atoms with E-state index in [0.717, 1.165) is 22.2 Å². The van der Waals surface area contributed by atoms with Gasteiger partial charge in [0.2, 0.25) is 0 Å². The maximum atomic E-state index is 9.94. The van der Waals surface area contributed by atoms with Gasteiger partial charge in [0.05, 0.1) is 5.30 Å². The molecule has 0 aliphatic carbocycles. The summed E-state index contributed by atoms with van der Waals surface area (Å²) in [5.41, 5.74) is 3.37. The van der Waals surface area contributed by atoms with E-state index in [2.05, 4.69) is 13.0 Å². The number of rotatable bonds is 0. The molecule has 2 aromatic carbocycles. The van der Waals surface area contributed by atoms with Gasteiger partial charge < -0.3 is 9.42 Å². The molecule has 2 nitrogen and oxygen atoms in total. The molecule has 0 aromatic heterocycles. The fourth-order valence-corrected chi connectivity index (χ4v) is 3.10. The van der Waals surface area contributed by atoms with E-state index in [0.29, 0.717) is 0 Å². The first-order chi connectivity index (χ1) is 7.77. The number of fused-ring (bicyclic) bond motifs is 3. The molecule has 0 spiro atoms. The molecule has 0 amide bonds. The van der Waals surface area contributed by atoms with Crippen molar-refractivity contribution < 1.29 is 9.42 Å². The molecule has 2 aromatic rings. The van der Waals surface area contributed by atoms with Gasteiger partial charge in [0.15, 0.2) is 0 Å². The maximum Gasteiger partial charge on any atom is 0.262 e. The summed E-state index contributed by atoms with van der Waals surface area (Å²) in [7, 11) is -1.51. The Morgan fingerprint density at radius 2 is 1.88 bits per heavy atom. The van der Waals surface area contributed by atoms with Gasteiger partial charge in [-0.25, -0.2) is 0 Å². The number of aryl methyl sites for hydroxylation is 1. The van der Waals surface area contributed by atoms with Gasteiger partial charge in [0.25, 0.3) is 8.38 Å². The average Bonchev–Trinajstić information content (AvgIpc) is 2.29. The molecule has 1 aliphatic rings. The molecule has 0 saturated carbocycles. The summed E-state index contributed by atoms with van der Waals surface area (Å²) in [5, 5.41) is 0.902. The van der Waals surface area contributed by atoms with E-state index >= 15 is 0 Å². The topological polar surface area (TPSA) is 29.5 Å². The van der Waals surface area contributed by atoms with E-state index < -0.39 is 8.38 Å². The zero-order valence-electron chi connectivity index (χ0n) is 8.84. The molecule has 0 saturated heterocycles. The summed E-state index contributed by atoms with van der Waals surface area (Å²) in [6.45, 7) is 2.06. The minimum Gasteiger partial charge on any atom is -0.443 e. The van der Waals surface area contributed by atoms with Crippen molar-refractivity contribution in [2.24, 2.45) is 0 Å². The Bertz CT molecular complexity index is 551. The number of hydrogen-bond donors (Lipinski definition) is 1. The van der Waals surface area contributed by atoms with Crippen molar-refractivity contribution in [1.82, 2.24) is 0 Å². The normalized spacial score (nSPS) is 17.2. The van der Waals surface area contributed by atoms with Crippen LogP contribution in [-0.2, 0) is 0 Å². The van der Waals surface area contributed by atoms with Gasteiger partial charge in [-0.1, -0.05) is 30.3 Å². The lowest BCUT2D eigenvalue weighted by Gasteiger charge is -2.24. The summed E-state index contributed by atoms with van der Waals surface area (Å²) in [5.74, 6) is 0.785. The highest BCUT2D eigenvalue weighted by molar-refractivity contribution is 7.55. The van der Waals surface area contributed by atoms with E-state index in [1.807, 2.05) is 36.4 Å². The van der Waals surface area contributed by atoms with Crippen LogP contribution in [0.25, 0.3) is 11.1 Å². The highest BCUT2D eigenvalue weighted by Crippen LogP contribution is 2.47. The Morgan fingerprint density at radius 1 is 1.06 bits per heavy atom. The van der Waals surface area contributed by atoms with Gasteiger partial charge in [-0.05, 0) is 30.2 Å². The van der Waals surface area contributed by atoms with Gasteiger partial charge in [-0.15, -0.1) is 0 Å². The molecular formula is C13H11O2P. The Hall–Kier alpha value is -1.37. The van der Waals surface area contributed by atoms with Crippen molar-refractivity contribution in [1.29, 1.82) is 0 Å². The second-order valence-electron chi connectivity index (χ2n) is 3.83. The van der Waals surface area contributed by atoms with Crippen LogP contribution in [0.1, 0.15) is 5.56 Å². The van der Waals surface area contributed by atoms with Crippen LogP contribution in [-0.4, -0.2) is 4.89 Å². The Balaban J connectivity index is 2.34. The second-order valence-corrected chi connectivity index (χ2v) is 5.04. The Labute approximate surface area is 95.4 Å². The highest BCUT2D eigenvalue weighted by Gasteiger charge is 2.25. The van der Waals surface area contributed by atoms with Gasteiger partial charge in [0.1, 0.15) is 5.75 Å². The van der Waals surface area contributed by atoms with Crippen LogP contribution in [0.5, 0.6) is 5.75 Å². The largest absolute Gasteiger partial charge is 0.443 e. The van der Waals surface area contributed by atoms with E-state index in [1.54, 1.807) is 0 Å². The number of hydrogen-bond acceptors (Lipinski definition) is 2. The lowest BCUT2D eigenvalue weighted by atomic mass is 9.99. The Morgan fingerprint density at radius 3 is 2.75 bits per heavy atom. The van der Waals surface area contributed by atoms with Gasteiger partial charge in [0, 0.05) is 5.56 Å². The summed E-state index contributed by atoms with van der Waals surface area (Å²) >= 11 is 0. The van der Waals surface area contributed by atoms with Crippen LogP contribution < -0.4 is 9.83 Å². The molecule has 1 heterocycles. The van der Waals surface area contributed by atoms with Crippen molar-refractivity contribution in [2.75, 3.05) is 0 Å². The predicted molar refractivity (Wildman–Crippen MR) is 66.0 cm³/mol. The average molecular weight is 230 g/mol. The van der Waals surface area contributed by atoms with Crippen molar-refractivity contribution in [3.63, 3.8) is 0 Å². The van der Waals surface area contributed by atoms with E-state index in [-0.39, 0.29) is 0 Å². The van der Waals surface area contributed by atoms with Crippen molar-refractivity contribution in [2.45, 2.75) is 6.92 Å². The monoisotopic (exact) mass is 230 g/mol. The third kappa shape index (κ3) is 1.35. The van der Waals surface area contributed by atoms with Gasteiger partial charge >= 0.3 is 0 Å². The molecule has 0 bridgehead atoms. The maximum absolute atomic E-state index is 9.94. The minimum atomic E-state index is -1.51. The van der Waals surface area contributed by atoms with Crippen LogP contribution in [0, 0.1) is 6.92 Å². The summed E-state index contributed by atoms with van der Waals surface area (Å²) in [6.07, 6.45) is 0. The molecule has 0 radical (unpaired) electrons. The molecule has 1 atom stereocenters. The first-order valence-electron chi connectivity index (χ1n) is 5.13. The number of benzene rings is 2. The van der Waals surface area contributed by atoms with E-state index in [1.165, 1.54) is 5.56 Å². The summed E-state index contributed by atoms with van der Waals surface area (Å²) in [4.78, 5) is 9.94. The predicted octanol–water partition coefficient (Wildman–Crippen LogP) is 2.98. The van der Waals surface area contributed by atoms with Crippen LogP contribution in [0.15, 0.2) is 42.5 Å². The third-order valence-corrected chi connectivity index (χ3v) is 3.97. The van der Waals surface area contributed by atoms with Gasteiger partial charge in [-0.2, -0.15) is 0 Å². The molecule has 80 valence electrons. The second kappa shape index (κ2) is 3.58. The van der Waals surface area contributed by atoms with Crippen molar-refractivity contribution in [3.8, 4) is 16.9 Å². The van der Waals surface area contributed by atoms with E-state index in [9.17, 15) is 4.89 Å². The zero-order valence-corrected chi connectivity index (χ0v) is 9.74. The minimum absolute atomic E-state index is 0.785. The fraction of sp³-hybridized carbons (Fsp3) is 0.0769. The first-order valence-corrected chi connectivity index (χ1v) is 6.34. The zero-order chi connectivity index (χ0) is 11.1. The lowest BCUT2D eigenvalue weighted by Crippen LogP contribution is -2.14. The fourth-order valence-electron chi connectivity index (χ4n) is 2.06. The van der Waals surface area contributed by atoms with Gasteiger partial charge in [-0.3, -0.25) is 0 Å². The first kappa shape index (κ1) is 9.83. The molecule has 1 N–H and O–H groups in total. The molecule has 3 rings (SSSR count). The molecule has 1 aliphatic heterocycles. The molecule has 0 fully saturated rings. The lowest BCUT2D eigenvalue weighted by molar-refractivity contribution is 0.498. The van der Waals surface area contributed by atoms with Crippen LogP contribution in [0.3, 0.4) is 0 Å². The van der Waals surface area contributed by atoms with Crippen molar-refractivity contribution in [3.05, 3.63) is 48.0 Å². The van der Waals surface area contributed by atoms with Crippen molar-refractivity contribution >= 4 is 13.7 Å². The summed E-state index contributed by atoms with van der Waals surface area (Å²) in [6, 6.07) is 13.8. The van der Waals surface area contributed by atoms with Crippen LogP contribution >= 0.6 is 8.38 Å². The molecule has 3 heteroatoms. The Kier molecular flexibility index (Phi) is 2.20. The van der Waals surface area contributed by atoms with Crippen LogP contribution in [0.4, 0.5) is 0 Å². The van der Waals surface area contributed by atoms with E-state index in [4.69, 9.17) is 4.52 Å². The van der Waals surface area contributed by atoms with Crippen LogP contribution in [0.2, 0.25) is 0 Å². The molecular weight excluding hydrogens is 219 g/mol. The SMILES string of the molecule is Cc1cccc2c1-c1ccccc1P(O)O2. The molecule has 1 unspecified atom stereocenters. The highest BCUT2D eigenvalue weighted by atomic mass is 31.2. The smallest absolute Gasteiger partial charge is 0.262 e. The molecule has 16 heavy (non-hydrogen) atoms. The quantitative estimate of drug-likeness (QED) is 0.705. The third-order valence-electron chi connectivity index (χ3n) is 2.80. The standard InChI is InChI=1S/C13H11O2P/c1-9-5-4-7-11-13(9)10-6-2-3-8-12(10)16(14)15-11/h2-8,14H,1H3.